The van der Waals surface area contributed by atoms with Crippen LogP contribution >= 0.6 is 11.6 Å². The molecule has 2 rings (SSSR count). The molecular formula is C19H23ClN2O. The van der Waals surface area contributed by atoms with Crippen molar-refractivity contribution in [1.29, 1.82) is 0 Å². The van der Waals surface area contributed by atoms with Crippen LogP contribution in [0.25, 0.3) is 0 Å². The third-order valence-electron chi connectivity index (χ3n) is 3.74. The van der Waals surface area contributed by atoms with Crippen LogP contribution < -0.4 is 10.6 Å². The minimum Gasteiger partial charge on any atom is -0.351 e. The molecule has 1 amide bonds. The molecule has 0 radical (unpaired) electrons. The smallest absolute Gasteiger partial charge is 0.234 e. The number of rotatable bonds is 7. The van der Waals surface area contributed by atoms with E-state index in [1.807, 2.05) is 42.5 Å². The zero-order chi connectivity index (χ0) is 16.7. The Bertz CT molecular complexity index is 628. The monoisotopic (exact) mass is 330 g/mol. The van der Waals surface area contributed by atoms with Gasteiger partial charge in [0, 0.05) is 17.6 Å². The van der Waals surface area contributed by atoms with Crippen LogP contribution in [-0.4, -0.2) is 12.5 Å². The summed E-state index contributed by atoms with van der Waals surface area (Å²) >= 11 is 6.09. The third-order valence-corrected chi connectivity index (χ3v) is 4.11. The SMILES string of the molecule is CC(C)[C@@H](NCC(=O)NCc1ccccc1Cl)c1ccccc1. The highest BCUT2D eigenvalue weighted by atomic mass is 35.5. The summed E-state index contributed by atoms with van der Waals surface area (Å²) in [6.45, 7) is 5.01. The largest absolute Gasteiger partial charge is 0.351 e. The Balaban J connectivity index is 1.86. The number of hydrogen-bond acceptors (Lipinski definition) is 2. The molecule has 0 aliphatic carbocycles. The number of halogens is 1. The van der Waals surface area contributed by atoms with Crippen molar-refractivity contribution in [3.05, 3.63) is 70.7 Å². The molecule has 0 saturated heterocycles. The summed E-state index contributed by atoms with van der Waals surface area (Å²) in [6.07, 6.45) is 0. The minimum atomic E-state index is -0.0356. The molecule has 2 aromatic rings. The van der Waals surface area contributed by atoms with Crippen molar-refractivity contribution in [2.75, 3.05) is 6.54 Å². The number of benzene rings is 2. The second-order valence-electron chi connectivity index (χ2n) is 5.88. The molecule has 0 aliphatic rings. The number of carbonyl (C=O) groups excluding carboxylic acids is 1. The maximum atomic E-state index is 12.1. The minimum absolute atomic E-state index is 0.0356. The van der Waals surface area contributed by atoms with Gasteiger partial charge in [0.15, 0.2) is 0 Å². The molecule has 0 unspecified atom stereocenters. The molecule has 23 heavy (non-hydrogen) atoms. The number of hydrogen-bond donors (Lipinski definition) is 2. The number of carbonyl (C=O) groups is 1. The molecule has 0 bridgehead atoms. The van der Waals surface area contributed by atoms with Gasteiger partial charge in [0.2, 0.25) is 5.91 Å². The molecule has 0 heterocycles. The topological polar surface area (TPSA) is 41.1 Å². The van der Waals surface area contributed by atoms with Crippen LogP contribution in [0.15, 0.2) is 54.6 Å². The summed E-state index contributed by atoms with van der Waals surface area (Å²) < 4.78 is 0. The van der Waals surface area contributed by atoms with Crippen molar-refractivity contribution in [3.63, 3.8) is 0 Å². The van der Waals surface area contributed by atoms with E-state index in [4.69, 9.17) is 11.6 Å². The molecule has 122 valence electrons. The van der Waals surface area contributed by atoms with E-state index >= 15 is 0 Å². The molecule has 0 saturated carbocycles. The van der Waals surface area contributed by atoms with Gasteiger partial charge >= 0.3 is 0 Å². The summed E-state index contributed by atoms with van der Waals surface area (Å²) in [5, 5.41) is 6.91. The van der Waals surface area contributed by atoms with Crippen molar-refractivity contribution < 1.29 is 4.79 Å². The van der Waals surface area contributed by atoms with Gasteiger partial charge in [-0.15, -0.1) is 0 Å². The standard InChI is InChI=1S/C19H23ClN2O/c1-14(2)19(15-8-4-3-5-9-15)22-13-18(23)21-12-16-10-6-7-11-17(16)20/h3-11,14,19,22H,12-13H2,1-2H3,(H,21,23)/t19-/m1/s1. The van der Waals surface area contributed by atoms with Gasteiger partial charge in [0.25, 0.3) is 0 Å². The highest BCUT2D eigenvalue weighted by Gasteiger charge is 2.16. The average molecular weight is 331 g/mol. The van der Waals surface area contributed by atoms with E-state index < -0.39 is 0 Å². The van der Waals surface area contributed by atoms with E-state index in [2.05, 4.69) is 36.6 Å². The van der Waals surface area contributed by atoms with Crippen LogP contribution in [0.4, 0.5) is 0 Å². The maximum Gasteiger partial charge on any atom is 0.234 e. The van der Waals surface area contributed by atoms with Crippen LogP contribution in [0, 0.1) is 5.92 Å². The second-order valence-corrected chi connectivity index (χ2v) is 6.29. The maximum absolute atomic E-state index is 12.1. The van der Waals surface area contributed by atoms with Crippen LogP contribution in [0.5, 0.6) is 0 Å². The summed E-state index contributed by atoms with van der Waals surface area (Å²) in [5.41, 5.74) is 2.12. The summed E-state index contributed by atoms with van der Waals surface area (Å²) in [5.74, 6) is 0.361. The molecule has 2 aromatic carbocycles. The quantitative estimate of drug-likeness (QED) is 0.807. The second kappa shape index (κ2) is 8.70. The Morgan fingerprint density at radius 1 is 1.04 bits per heavy atom. The van der Waals surface area contributed by atoms with Crippen LogP contribution in [0.1, 0.15) is 31.0 Å². The lowest BCUT2D eigenvalue weighted by atomic mass is 9.96. The van der Waals surface area contributed by atoms with Gasteiger partial charge in [0.1, 0.15) is 0 Å². The van der Waals surface area contributed by atoms with E-state index in [-0.39, 0.29) is 18.5 Å². The van der Waals surface area contributed by atoms with E-state index in [1.165, 1.54) is 5.56 Å². The number of nitrogens with one attached hydrogen (secondary N) is 2. The average Bonchev–Trinajstić information content (AvgIpc) is 2.55. The zero-order valence-electron chi connectivity index (χ0n) is 13.6. The lowest BCUT2D eigenvalue weighted by Crippen LogP contribution is -2.37. The molecular weight excluding hydrogens is 308 g/mol. The Labute approximate surface area is 143 Å². The predicted octanol–water partition coefficient (Wildman–Crippen LogP) is 3.94. The Kier molecular flexibility index (Phi) is 6.63. The Hall–Kier alpha value is -1.84. The highest BCUT2D eigenvalue weighted by Crippen LogP contribution is 2.20. The van der Waals surface area contributed by atoms with Crippen LogP contribution in [0.3, 0.4) is 0 Å². The van der Waals surface area contributed by atoms with Crippen molar-refractivity contribution in [1.82, 2.24) is 10.6 Å². The van der Waals surface area contributed by atoms with Crippen molar-refractivity contribution in [2.24, 2.45) is 5.92 Å². The molecule has 0 spiro atoms. The normalized spacial score (nSPS) is 12.2. The summed E-state index contributed by atoms with van der Waals surface area (Å²) in [7, 11) is 0. The molecule has 0 fully saturated rings. The van der Waals surface area contributed by atoms with Gasteiger partial charge < -0.3 is 10.6 Å². The molecule has 4 heteroatoms. The van der Waals surface area contributed by atoms with Crippen LogP contribution in [0.2, 0.25) is 5.02 Å². The van der Waals surface area contributed by atoms with Gasteiger partial charge in [-0.05, 0) is 23.1 Å². The molecule has 1 atom stereocenters. The van der Waals surface area contributed by atoms with Crippen molar-refractivity contribution in [2.45, 2.75) is 26.4 Å². The first kappa shape index (κ1) is 17.5. The molecule has 3 nitrogen and oxygen atoms in total. The first-order chi connectivity index (χ1) is 11.1. The fourth-order valence-electron chi connectivity index (χ4n) is 2.50. The van der Waals surface area contributed by atoms with Gasteiger partial charge in [-0.3, -0.25) is 4.79 Å². The lowest BCUT2D eigenvalue weighted by Gasteiger charge is -2.22. The molecule has 0 aliphatic heterocycles. The first-order valence-electron chi connectivity index (χ1n) is 7.86. The Morgan fingerprint density at radius 3 is 2.35 bits per heavy atom. The lowest BCUT2D eigenvalue weighted by molar-refractivity contribution is -0.120. The fraction of sp³-hybridized carbons (Fsp3) is 0.316. The highest BCUT2D eigenvalue weighted by molar-refractivity contribution is 6.31. The van der Waals surface area contributed by atoms with Crippen LogP contribution in [-0.2, 0) is 11.3 Å². The van der Waals surface area contributed by atoms with Gasteiger partial charge in [-0.2, -0.15) is 0 Å². The molecule has 2 N–H and O–H groups in total. The predicted molar refractivity (Wildman–Crippen MR) is 95.3 cm³/mol. The fourth-order valence-corrected chi connectivity index (χ4v) is 2.70. The van der Waals surface area contributed by atoms with Gasteiger partial charge in [-0.1, -0.05) is 74.0 Å². The zero-order valence-corrected chi connectivity index (χ0v) is 14.3. The van der Waals surface area contributed by atoms with E-state index in [0.29, 0.717) is 17.5 Å². The van der Waals surface area contributed by atoms with Crippen molar-refractivity contribution in [3.8, 4) is 0 Å². The summed E-state index contributed by atoms with van der Waals surface area (Å²) in [6, 6.07) is 17.9. The van der Waals surface area contributed by atoms with E-state index in [1.54, 1.807) is 0 Å². The number of amides is 1. The van der Waals surface area contributed by atoms with Gasteiger partial charge in [-0.25, -0.2) is 0 Å². The van der Waals surface area contributed by atoms with E-state index in [0.717, 1.165) is 5.56 Å². The third kappa shape index (κ3) is 5.38. The first-order valence-corrected chi connectivity index (χ1v) is 8.24. The van der Waals surface area contributed by atoms with E-state index in [9.17, 15) is 4.79 Å². The Morgan fingerprint density at radius 2 is 1.70 bits per heavy atom. The molecule has 0 aromatic heterocycles. The van der Waals surface area contributed by atoms with Crippen molar-refractivity contribution >= 4 is 17.5 Å². The van der Waals surface area contributed by atoms with Gasteiger partial charge in [0.05, 0.1) is 6.54 Å². The summed E-state index contributed by atoms with van der Waals surface area (Å²) in [4.78, 5) is 12.1.